The third-order valence-corrected chi connectivity index (χ3v) is 4.05. The molecule has 0 spiro atoms. The Bertz CT molecular complexity index is 1090. The van der Waals surface area contributed by atoms with Gasteiger partial charge in [0.1, 0.15) is 12.1 Å². The summed E-state index contributed by atoms with van der Waals surface area (Å²) in [5, 5.41) is 2.97. The number of imidazole rings is 1. The fraction of sp³-hybridized carbons (Fsp3) is 0.105. The third kappa shape index (κ3) is 3.59. The van der Waals surface area contributed by atoms with Crippen molar-refractivity contribution in [3.63, 3.8) is 0 Å². The van der Waals surface area contributed by atoms with Gasteiger partial charge in [-0.2, -0.15) is 18.2 Å². The second kappa shape index (κ2) is 6.71. The fourth-order valence-corrected chi connectivity index (χ4v) is 2.75. The lowest BCUT2D eigenvalue weighted by Crippen LogP contribution is -2.08. The van der Waals surface area contributed by atoms with Crippen LogP contribution in [0.5, 0.6) is 0 Å². The largest absolute Gasteiger partial charge is 0.416 e. The number of para-hydroxylation sites is 2. The quantitative estimate of drug-likeness (QED) is 0.578. The van der Waals surface area contributed by atoms with Gasteiger partial charge in [0.2, 0.25) is 5.95 Å². The fourth-order valence-electron chi connectivity index (χ4n) is 2.75. The Labute approximate surface area is 152 Å². The van der Waals surface area contributed by atoms with Crippen LogP contribution in [0.1, 0.15) is 11.1 Å². The summed E-state index contributed by atoms with van der Waals surface area (Å²) >= 11 is 0. The van der Waals surface area contributed by atoms with E-state index in [0.717, 1.165) is 23.2 Å². The highest BCUT2D eigenvalue weighted by Gasteiger charge is 2.30. The molecular weight excluding hydrogens is 355 g/mol. The molecule has 0 aliphatic carbocycles. The Hall–Kier alpha value is -3.42. The lowest BCUT2D eigenvalue weighted by molar-refractivity contribution is -0.137. The van der Waals surface area contributed by atoms with Crippen LogP contribution in [0.15, 0.2) is 67.1 Å². The molecule has 5 nitrogen and oxygen atoms in total. The van der Waals surface area contributed by atoms with Crippen LogP contribution in [0.25, 0.3) is 16.9 Å². The molecule has 0 aliphatic heterocycles. The van der Waals surface area contributed by atoms with E-state index in [9.17, 15) is 13.2 Å². The van der Waals surface area contributed by atoms with Crippen molar-refractivity contribution >= 4 is 17.0 Å². The molecule has 4 aromatic rings. The normalized spacial score (nSPS) is 11.7. The average molecular weight is 369 g/mol. The van der Waals surface area contributed by atoms with Gasteiger partial charge in [0.15, 0.2) is 0 Å². The van der Waals surface area contributed by atoms with Gasteiger partial charge < -0.3 is 5.32 Å². The van der Waals surface area contributed by atoms with Crippen molar-refractivity contribution in [1.29, 1.82) is 0 Å². The number of anilines is 1. The van der Waals surface area contributed by atoms with Gasteiger partial charge in [0.05, 0.1) is 16.6 Å². The number of rotatable bonds is 4. The molecule has 0 aliphatic rings. The molecular formula is C19H14F3N5. The van der Waals surface area contributed by atoms with Gasteiger partial charge in [-0.3, -0.25) is 4.57 Å². The minimum absolute atomic E-state index is 0.179. The molecule has 0 radical (unpaired) electrons. The molecule has 1 N–H and O–H groups in total. The molecule has 4 rings (SSSR count). The average Bonchev–Trinajstić information content (AvgIpc) is 3.10. The first-order chi connectivity index (χ1) is 13.0. The second-order valence-electron chi connectivity index (χ2n) is 5.89. The van der Waals surface area contributed by atoms with Crippen molar-refractivity contribution in [3.8, 4) is 5.82 Å². The third-order valence-electron chi connectivity index (χ3n) is 4.05. The molecule has 0 amide bonds. The van der Waals surface area contributed by atoms with Crippen LogP contribution in [0.2, 0.25) is 0 Å². The molecule has 8 heteroatoms. The van der Waals surface area contributed by atoms with Crippen molar-refractivity contribution in [2.75, 3.05) is 5.32 Å². The van der Waals surface area contributed by atoms with E-state index in [1.807, 2.05) is 28.8 Å². The summed E-state index contributed by atoms with van der Waals surface area (Å²) in [5.41, 5.74) is 1.56. The van der Waals surface area contributed by atoms with Crippen LogP contribution < -0.4 is 5.32 Å². The van der Waals surface area contributed by atoms with E-state index >= 15 is 0 Å². The van der Waals surface area contributed by atoms with Gasteiger partial charge in [-0.1, -0.05) is 24.3 Å². The number of fused-ring (bicyclic) bond motifs is 1. The zero-order chi connectivity index (χ0) is 18.9. The summed E-state index contributed by atoms with van der Waals surface area (Å²) in [5.74, 6) is 0.938. The van der Waals surface area contributed by atoms with Crippen molar-refractivity contribution in [2.45, 2.75) is 12.7 Å². The molecule has 0 bridgehead atoms. The van der Waals surface area contributed by atoms with Crippen LogP contribution >= 0.6 is 0 Å². The predicted molar refractivity (Wildman–Crippen MR) is 95.4 cm³/mol. The lowest BCUT2D eigenvalue weighted by atomic mass is 10.1. The van der Waals surface area contributed by atoms with Gasteiger partial charge in [-0.05, 0) is 35.9 Å². The van der Waals surface area contributed by atoms with E-state index in [2.05, 4.69) is 20.3 Å². The summed E-state index contributed by atoms with van der Waals surface area (Å²) in [7, 11) is 0. The van der Waals surface area contributed by atoms with Crippen molar-refractivity contribution in [2.24, 2.45) is 0 Å². The number of benzene rings is 2. The Morgan fingerprint density at radius 2 is 1.81 bits per heavy atom. The van der Waals surface area contributed by atoms with E-state index in [-0.39, 0.29) is 6.54 Å². The highest BCUT2D eigenvalue weighted by Crippen LogP contribution is 2.29. The van der Waals surface area contributed by atoms with Crippen LogP contribution in [0.3, 0.4) is 0 Å². The van der Waals surface area contributed by atoms with Gasteiger partial charge in [-0.15, -0.1) is 0 Å². The number of nitrogens with one attached hydrogen (secondary N) is 1. The Kier molecular flexibility index (Phi) is 4.23. The molecule has 0 fully saturated rings. The van der Waals surface area contributed by atoms with Gasteiger partial charge in [0.25, 0.3) is 0 Å². The summed E-state index contributed by atoms with van der Waals surface area (Å²) in [4.78, 5) is 12.9. The van der Waals surface area contributed by atoms with Crippen LogP contribution in [-0.2, 0) is 12.7 Å². The number of hydrogen-bond acceptors (Lipinski definition) is 4. The maximum Gasteiger partial charge on any atom is 0.416 e. The maximum atomic E-state index is 12.8. The van der Waals surface area contributed by atoms with Crippen molar-refractivity contribution in [3.05, 3.63) is 78.2 Å². The van der Waals surface area contributed by atoms with E-state index in [1.165, 1.54) is 6.07 Å². The lowest BCUT2D eigenvalue weighted by Gasteiger charge is -2.10. The first-order valence-corrected chi connectivity index (χ1v) is 8.16. The highest BCUT2D eigenvalue weighted by molar-refractivity contribution is 5.76. The standard InChI is InChI=1S/C19H14F3N5/c20-19(21,22)14-5-3-4-13(10-14)11-24-18-23-9-8-17(26-18)27-12-25-15-6-1-2-7-16(15)27/h1-10,12H,11H2,(H,23,24,26). The topological polar surface area (TPSA) is 55.6 Å². The number of hydrogen-bond donors (Lipinski definition) is 1. The van der Waals surface area contributed by atoms with Crippen molar-refractivity contribution in [1.82, 2.24) is 19.5 Å². The molecule has 2 aromatic heterocycles. The number of nitrogens with zero attached hydrogens (tertiary/aromatic N) is 4. The summed E-state index contributed by atoms with van der Waals surface area (Å²) in [6, 6.07) is 14.6. The molecule has 0 saturated heterocycles. The first-order valence-electron chi connectivity index (χ1n) is 8.16. The minimum atomic E-state index is -4.37. The zero-order valence-electron chi connectivity index (χ0n) is 14.0. The highest BCUT2D eigenvalue weighted by atomic mass is 19.4. The van der Waals surface area contributed by atoms with Gasteiger partial charge in [-0.25, -0.2) is 9.97 Å². The maximum absolute atomic E-state index is 12.8. The van der Waals surface area contributed by atoms with Crippen molar-refractivity contribution < 1.29 is 13.2 Å². The van der Waals surface area contributed by atoms with E-state index in [0.29, 0.717) is 17.3 Å². The summed E-state index contributed by atoms with van der Waals surface area (Å²) in [6.07, 6.45) is -1.11. The number of alkyl halides is 3. The van der Waals surface area contributed by atoms with E-state index in [4.69, 9.17) is 0 Å². The van der Waals surface area contributed by atoms with Crippen LogP contribution in [-0.4, -0.2) is 19.5 Å². The molecule has 0 atom stereocenters. The van der Waals surface area contributed by atoms with Gasteiger partial charge >= 0.3 is 6.18 Å². The van der Waals surface area contributed by atoms with E-state index < -0.39 is 11.7 Å². The number of aromatic nitrogens is 4. The predicted octanol–water partition coefficient (Wildman–Crippen LogP) is 4.45. The Morgan fingerprint density at radius 3 is 2.67 bits per heavy atom. The molecule has 0 unspecified atom stereocenters. The first kappa shape index (κ1) is 17.0. The van der Waals surface area contributed by atoms with Gasteiger partial charge in [0, 0.05) is 12.7 Å². The molecule has 27 heavy (non-hydrogen) atoms. The monoisotopic (exact) mass is 369 g/mol. The smallest absolute Gasteiger partial charge is 0.350 e. The summed E-state index contributed by atoms with van der Waals surface area (Å²) in [6.45, 7) is 0.179. The van der Waals surface area contributed by atoms with Crippen LogP contribution in [0, 0.1) is 0 Å². The van der Waals surface area contributed by atoms with Crippen LogP contribution in [0.4, 0.5) is 19.1 Å². The second-order valence-corrected chi connectivity index (χ2v) is 5.89. The molecule has 2 heterocycles. The Morgan fingerprint density at radius 1 is 0.963 bits per heavy atom. The zero-order valence-corrected chi connectivity index (χ0v) is 14.0. The molecule has 2 aromatic carbocycles. The number of halogens is 3. The minimum Gasteiger partial charge on any atom is -0.350 e. The Balaban J connectivity index is 1.55. The SMILES string of the molecule is FC(F)(F)c1cccc(CNc2nccc(-n3cnc4ccccc43)n2)c1. The van der Waals surface area contributed by atoms with E-state index in [1.54, 1.807) is 24.7 Å². The summed E-state index contributed by atoms with van der Waals surface area (Å²) < 4.78 is 40.3. The molecule has 136 valence electrons. The molecule has 0 saturated carbocycles.